The molecule has 0 aliphatic carbocycles. The number of benzene rings is 2. The first-order valence-corrected chi connectivity index (χ1v) is 6.24. The van der Waals surface area contributed by atoms with E-state index in [1.54, 1.807) is 11.8 Å². The number of para-hydroxylation sites is 1. The maximum absolute atomic E-state index is 5.76. The van der Waals surface area contributed by atoms with Gasteiger partial charge in [-0.15, -0.1) is 0 Å². The van der Waals surface area contributed by atoms with Crippen LogP contribution in [0, 0.1) is 0 Å². The van der Waals surface area contributed by atoms with Crippen LogP contribution < -0.4 is 5.73 Å². The van der Waals surface area contributed by atoms with E-state index in [1.165, 1.54) is 10.9 Å². The predicted octanol–water partition coefficient (Wildman–Crippen LogP) is 3.90. The largest absolute Gasteiger partial charge is 0.399 e. The van der Waals surface area contributed by atoms with E-state index in [-0.39, 0.29) is 0 Å². The molecule has 3 heteroatoms. The minimum Gasteiger partial charge on any atom is -0.399 e. The van der Waals surface area contributed by atoms with Gasteiger partial charge < -0.3 is 10.7 Å². The summed E-state index contributed by atoms with van der Waals surface area (Å²) in [4.78, 5) is 4.54. The third-order valence-electron chi connectivity index (χ3n) is 2.59. The summed E-state index contributed by atoms with van der Waals surface area (Å²) in [5.74, 6) is 0. The van der Waals surface area contributed by atoms with Crippen molar-refractivity contribution in [1.82, 2.24) is 4.98 Å². The third kappa shape index (κ3) is 2.15. The molecule has 3 N–H and O–H groups in total. The van der Waals surface area contributed by atoms with E-state index in [2.05, 4.69) is 29.2 Å². The molecule has 2 nitrogen and oxygen atoms in total. The van der Waals surface area contributed by atoms with E-state index in [0.717, 1.165) is 15.6 Å². The minimum atomic E-state index is 0.797. The lowest BCUT2D eigenvalue weighted by molar-refractivity contribution is 1.23. The highest BCUT2D eigenvalue weighted by Crippen LogP contribution is 2.30. The highest BCUT2D eigenvalue weighted by Gasteiger charge is 2.02. The smallest absolute Gasteiger partial charge is 0.0780 e. The first kappa shape index (κ1) is 10.3. The SMILES string of the molecule is Nc1cccc(Sc2cc3ccccc3[nH]2)c1. The van der Waals surface area contributed by atoms with Crippen LogP contribution in [0.3, 0.4) is 0 Å². The van der Waals surface area contributed by atoms with Gasteiger partial charge in [0.1, 0.15) is 0 Å². The lowest BCUT2D eigenvalue weighted by atomic mass is 10.3. The summed E-state index contributed by atoms with van der Waals surface area (Å²) < 4.78 is 0. The fourth-order valence-electron chi connectivity index (χ4n) is 1.81. The molecular formula is C14H12N2S. The highest BCUT2D eigenvalue weighted by atomic mass is 32.2. The zero-order valence-electron chi connectivity index (χ0n) is 9.18. The van der Waals surface area contributed by atoms with Gasteiger partial charge in [0.2, 0.25) is 0 Å². The van der Waals surface area contributed by atoms with Gasteiger partial charge in [0.25, 0.3) is 0 Å². The Morgan fingerprint density at radius 3 is 2.65 bits per heavy atom. The molecule has 0 fully saturated rings. The molecule has 84 valence electrons. The molecule has 0 atom stereocenters. The van der Waals surface area contributed by atoms with Crippen LogP contribution in [-0.2, 0) is 0 Å². The first-order valence-electron chi connectivity index (χ1n) is 5.42. The van der Waals surface area contributed by atoms with Crippen molar-refractivity contribution in [2.24, 2.45) is 0 Å². The van der Waals surface area contributed by atoms with Crippen molar-refractivity contribution in [2.45, 2.75) is 9.92 Å². The standard InChI is InChI=1S/C14H12N2S/c15-11-5-3-6-12(9-11)17-14-8-10-4-1-2-7-13(10)16-14/h1-9,16H,15H2. The molecule has 0 radical (unpaired) electrons. The van der Waals surface area contributed by atoms with Gasteiger partial charge in [-0.25, -0.2) is 0 Å². The Bertz CT molecular complexity index is 625. The Balaban J connectivity index is 1.94. The van der Waals surface area contributed by atoms with E-state index in [9.17, 15) is 0 Å². The lowest BCUT2D eigenvalue weighted by Gasteiger charge is -1.99. The third-order valence-corrected chi connectivity index (χ3v) is 3.52. The van der Waals surface area contributed by atoms with Crippen molar-refractivity contribution >= 4 is 28.4 Å². The molecule has 0 spiro atoms. The number of hydrogen-bond donors (Lipinski definition) is 2. The average Bonchev–Trinajstić information content (AvgIpc) is 2.71. The molecule has 0 unspecified atom stereocenters. The van der Waals surface area contributed by atoms with Gasteiger partial charge >= 0.3 is 0 Å². The quantitative estimate of drug-likeness (QED) is 0.667. The fraction of sp³-hybridized carbons (Fsp3) is 0. The van der Waals surface area contributed by atoms with Crippen LogP contribution >= 0.6 is 11.8 Å². The molecule has 17 heavy (non-hydrogen) atoms. The number of nitrogens with two attached hydrogens (primary N) is 1. The van der Waals surface area contributed by atoms with Gasteiger partial charge in [-0.3, -0.25) is 0 Å². The van der Waals surface area contributed by atoms with Gasteiger partial charge in [0, 0.05) is 21.5 Å². The molecule has 3 aromatic rings. The Kier molecular flexibility index (Phi) is 2.53. The molecule has 1 heterocycles. The van der Waals surface area contributed by atoms with Crippen LogP contribution in [0.4, 0.5) is 5.69 Å². The summed E-state index contributed by atoms with van der Waals surface area (Å²) in [6.45, 7) is 0. The van der Waals surface area contributed by atoms with E-state index in [1.807, 2.05) is 30.3 Å². The molecule has 0 aliphatic heterocycles. The Morgan fingerprint density at radius 1 is 0.941 bits per heavy atom. The summed E-state index contributed by atoms with van der Waals surface area (Å²) in [5.41, 5.74) is 7.73. The normalized spacial score (nSPS) is 10.8. The van der Waals surface area contributed by atoms with Crippen LogP contribution in [0.15, 0.2) is 64.5 Å². The number of H-pyrrole nitrogens is 1. The summed E-state index contributed by atoms with van der Waals surface area (Å²) in [6.07, 6.45) is 0. The van der Waals surface area contributed by atoms with Gasteiger partial charge in [-0.05, 0) is 30.3 Å². The summed E-state index contributed by atoms with van der Waals surface area (Å²) >= 11 is 1.69. The monoisotopic (exact) mass is 240 g/mol. The molecule has 3 rings (SSSR count). The van der Waals surface area contributed by atoms with Crippen molar-refractivity contribution in [3.05, 3.63) is 54.6 Å². The van der Waals surface area contributed by atoms with Gasteiger partial charge in [-0.1, -0.05) is 36.0 Å². The molecule has 0 bridgehead atoms. The van der Waals surface area contributed by atoms with Crippen LogP contribution in [-0.4, -0.2) is 4.98 Å². The van der Waals surface area contributed by atoms with Gasteiger partial charge in [0.05, 0.1) is 5.03 Å². The maximum atomic E-state index is 5.76. The van der Waals surface area contributed by atoms with Crippen molar-refractivity contribution < 1.29 is 0 Å². The number of hydrogen-bond acceptors (Lipinski definition) is 2. The second kappa shape index (κ2) is 4.18. The topological polar surface area (TPSA) is 41.8 Å². The van der Waals surface area contributed by atoms with Crippen molar-refractivity contribution in [3.8, 4) is 0 Å². The highest BCUT2D eigenvalue weighted by molar-refractivity contribution is 7.99. The van der Waals surface area contributed by atoms with Crippen LogP contribution in [0.5, 0.6) is 0 Å². The molecule has 0 amide bonds. The second-order valence-corrected chi connectivity index (χ2v) is 5.01. The zero-order valence-corrected chi connectivity index (χ0v) is 10.00. The predicted molar refractivity (Wildman–Crippen MR) is 73.3 cm³/mol. The lowest BCUT2D eigenvalue weighted by Crippen LogP contribution is -1.83. The molecular weight excluding hydrogens is 228 g/mol. The Hall–Kier alpha value is -1.87. The Labute approximate surface area is 104 Å². The molecule has 1 aromatic heterocycles. The van der Waals surface area contributed by atoms with Gasteiger partial charge in [-0.2, -0.15) is 0 Å². The van der Waals surface area contributed by atoms with Crippen molar-refractivity contribution in [1.29, 1.82) is 0 Å². The Morgan fingerprint density at radius 2 is 1.82 bits per heavy atom. The van der Waals surface area contributed by atoms with Crippen LogP contribution in [0.25, 0.3) is 10.9 Å². The minimum absolute atomic E-state index is 0.797. The number of anilines is 1. The van der Waals surface area contributed by atoms with E-state index < -0.39 is 0 Å². The first-order chi connectivity index (χ1) is 8.31. The number of aromatic amines is 1. The summed E-state index contributed by atoms with van der Waals surface area (Å²) in [6, 6.07) is 18.3. The number of rotatable bonds is 2. The van der Waals surface area contributed by atoms with Crippen molar-refractivity contribution in [3.63, 3.8) is 0 Å². The van der Waals surface area contributed by atoms with E-state index >= 15 is 0 Å². The molecule has 0 aliphatic rings. The average molecular weight is 240 g/mol. The number of nitrogen functional groups attached to an aromatic ring is 1. The molecule has 2 aromatic carbocycles. The van der Waals surface area contributed by atoms with Gasteiger partial charge in [0.15, 0.2) is 0 Å². The second-order valence-electron chi connectivity index (χ2n) is 3.90. The van der Waals surface area contributed by atoms with Crippen molar-refractivity contribution in [2.75, 3.05) is 5.73 Å². The fourth-order valence-corrected chi connectivity index (χ4v) is 2.75. The summed E-state index contributed by atoms with van der Waals surface area (Å²) in [7, 11) is 0. The number of nitrogens with one attached hydrogen (secondary N) is 1. The number of aromatic nitrogens is 1. The molecule has 0 saturated heterocycles. The zero-order chi connectivity index (χ0) is 11.7. The van der Waals surface area contributed by atoms with E-state index in [0.29, 0.717) is 0 Å². The molecule has 0 saturated carbocycles. The van der Waals surface area contributed by atoms with E-state index in [4.69, 9.17) is 5.73 Å². The maximum Gasteiger partial charge on any atom is 0.0780 e. The number of fused-ring (bicyclic) bond motifs is 1. The van der Waals surface area contributed by atoms with Crippen LogP contribution in [0.2, 0.25) is 0 Å². The van der Waals surface area contributed by atoms with Crippen LogP contribution in [0.1, 0.15) is 0 Å². The summed E-state index contributed by atoms with van der Waals surface area (Å²) in [5, 5.41) is 2.37.